The van der Waals surface area contributed by atoms with Crippen molar-refractivity contribution < 1.29 is 14.6 Å². The van der Waals surface area contributed by atoms with Crippen molar-refractivity contribution in [2.75, 3.05) is 6.61 Å². The van der Waals surface area contributed by atoms with Gasteiger partial charge in [0.2, 0.25) is 0 Å². The summed E-state index contributed by atoms with van der Waals surface area (Å²) < 4.78 is 4.81. The van der Waals surface area contributed by atoms with Crippen LogP contribution in [-0.4, -0.2) is 23.8 Å². The van der Waals surface area contributed by atoms with E-state index in [9.17, 15) is 4.79 Å². The Morgan fingerprint density at radius 1 is 1.64 bits per heavy atom. The van der Waals surface area contributed by atoms with Crippen LogP contribution in [0.4, 0.5) is 0 Å². The Morgan fingerprint density at radius 3 is 2.64 bits per heavy atom. The molecule has 0 amide bonds. The molecule has 0 spiro atoms. The summed E-state index contributed by atoms with van der Waals surface area (Å²) >= 11 is 0. The van der Waals surface area contributed by atoms with Crippen LogP contribution < -0.4 is 0 Å². The Morgan fingerprint density at radius 2 is 2.27 bits per heavy atom. The number of esters is 1. The summed E-state index contributed by atoms with van der Waals surface area (Å²) in [6, 6.07) is 0. The van der Waals surface area contributed by atoms with Crippen molar-refractivity contribution in [1.82, 2.24) is 0 Å². The zero-order valence-electron chi connectivity index (χ0n) is 7.17. The van der Waals surface area contributed by atoms with Crippen LogP contribution in [-0.2, 0) is 9.53 Å². The number of carbonyl (C=O) groups is 1. The molecule has 0 fully saturated rings. The molecular weight excluding hydrogens is 144 g/mol. The molecule has 0 saturated carbocycles. The van der Waals surface area contributed by atoms with E-state index in [-0.39, 0.29) is 18.7 Å². The van der Waals surface area contributed by atoms with Crippen molar-refractivity contribution in [3.8, 4) is 0 Å². The van der Waals surface area contributed by atoms with E-state index in [1.165, 1.54) is 6.92 Å². The molecule has 11 heavy (non-hydrogen) atoms. The molecular formula is C8H16O3. The fourth-order valence-electron chi connectivity index (χ4n) is 0.854. The Bertz CT molecular complexity index is 112. The topological polar surface area (TPSA) is 46.5 Å². The average molecular weight is 160 g/mol. The summed E-state index contributed by atoms with van der Waals surface area (Å²) in [5, 5.41) is 8.72. The summed E-state index contributed by atoms with van der Waals surface area (Å²) in [5.74, 6) is -0.319. The number of ether oxygens (including phenoxy) is 1. The molecule has 66 valence electrons. The second-order valence-corrected chi connectivity index (χ2v) is 2.56. The van der Waals surface area contributed by atoms with Gasteiger partial charge in [0, 0.05) is 6.92 Å². The highest BCUT2D eigenvalue weighted by atomic mass is 16.5. The minimum atomic E-state index is -0.319. The summed E-state index contributed by atoms with van der Waals surface area (Å²) in [6.45, 7) is 3.34. The van der Waals surface area contributed by atoms with Crippen molar-refractivity contribution in [2.45, 2.75) is 39.2 Å². The molecule has 0 aromatic heterocycles. The van der Waals surface area contributed by atoms with Gasteiger partial charge < -0.3 is 9.84 Å². The van der Waals surface area contributed by atoms with Gasteiger partial charge >= 0.3 is 5.97 Å². The largest absolute Gasteiger partial charge is 0.460 e. The Balaban J connectivity index is 3.49. The minimum absolute atomic E-state index is 0.0699. The van der Waals surface area contributed by atoms with Gasteiger partial charge in [-0.1, -0.05) is 13.3 Å². The normalized spacial score (nSPS) is 12.6. The number of aliphatic hydroxyl groups is 1. The second kappa shape index (κ2) is 6.16. The van der Waals surface area contributed by atoms with Gasteiger partial charge in [-0.2, -0.15) is 0 Å². The molecule has 0 bridgehead atoms. The number of aliphatic hydroxyl groups excluding tert-OH is 1. The maximum atomic E-state index is 10.4. The minimum Gasteiger partial charge on any atom is -0.460 e. The van der Waals surface area contributed by atoms with E-state index in [4.69, 9.17) is 9.84 Å². The van der Waals surface area contributed by atoms with Crippen LogP contribution in [0.3, 0.4) is 0 Å². The number of carbonyl (C=O) groups excluding carboxylic acids is 1. The van der Waals surface area contributed by atoms with Crippen molar-refractivity contribution in [2.24, 2.45) is 0 Å². The second-order valence-electron chi connectivity index (χ2n) is 2.56. The fraction of sp³-hybridized carbons (Fsp3) is 0.875. The smallest absolute Gasteiger partial charge is 0.302 e. The Hall–Kier alpha value is -0.570. The van der Waals surface area contributed by atoms with E-state index in [1.807, 2.05) is 0 Å². The first-order valence-corrected chi connectivity index (χ1v) is 3.98. The van der Waals surface area contributed by atoms with Gasteiger partial charge in [-0.15, -0.1) is 0 Å². The molecule has 1 N–H and O–H groups in total. The lowest BCUT2D eigenvalue weighted by molar-refractivity contribution is -0.148. The van der Waals surface area contributed by atoms with Crippen LogP contribution in [0.5, 0.6) is 0 Å². The van der Waals surface area contributed by atoms with Gasteiger partial charge in [0.1, 0.15) is 6.10 Å². The molecule has 3 heteroatoms. The molecule has 0 aliphatic carbocycles. The molecule has 0 aromatic rings. The number of unbranched alkanes of at least 4 members (excludes halogenated alkanes) is 1. The molecule has 0 radical (unpaired) electrons. The molecule has 1 atom stereocenters. The van der Waals surface area contributed by atoms with Gasteiger partial charge in [-0.25, -0.2) is 0 Å². The highest BCUT2D eigenvalue weighted by molar-refractivity contribution is 5.66. The highest BCUT2D eigenvalue weighted by Crippen LogP contribution is 2.03. The number of rotatable bonds is 5. The third-order valence-electron chi connectivity index (χ3n) is 1.42. The van der Waals surface area contributed by atoms with Gasteiger partial charge in [0.05, 0.1) is 6.61 Å². The SMILES string of the molecule is CCCCC(CO)OC(C)=O. The van der Waals surface area contributed by atoms with E-state index >= 15 is 0 Å². The quantitative estimate of drug-likeness (QED) is 0.612. The van der Waals surface area contributed by atoms with Crippen LogP contribution in [0.15, 0.2) is 0 Å². The summed E-state index contributed by atoms with van der Waals surface area (Å²) in [4.78, 5) is 10.4. The van der Waals surface area contributed by atoms with Gasteiger partial charge in [-0.05, 0) is 12.8 Å². The molecule has 0 heterocycles. The predicted octanol–water partition coefficient (Wildman–Crippen LogP) is 1.10. The lowest BCUT2D eigenvalue weighted by atomic mass is 10.2. The fourth-order valence-corrected chi connectivity index (χ4v) is 0.854. The first-order chi connectivity index (χ1) is 5.20. The maximum Gasteiger partial charge on any atom is 0.302 e. The van der Waals surface area contributed by atoms with Gasteiger partial charge in [0.25, 0.3) is 0 Å². The van der Waals surface area contributed by atoms with E-state index in [2.05, 4.69) is 6.92 Å². The summed E-state index contributed by atoms with van der Waals surface area (Å²) in [6.07, 6.45) is 2.50. The van der Waals surface area contributed by atoms with E-state index in [0.29, 0.717) is 0 Å². The van der Waals surface area contributed by atoms with E-state index in [1.54, 1.807) is 0 Å². The van der Waals surface area contributed by atoms with Crippen LogP contribution in [0.1, 0.15) is 33.1 Å². The van der Waals surface area contributed by atoms with Crippen molar-refractivity contribution in [3.05, 3.63) is 0 Å². The van der Waals surface area contributed by atoms with Crippen molar-refractivity contribution in [1.29, 1.82) is 0 Å². The highest BCUT2D eigenvalue weighted by Gasteiger charge is 2.08. The maximum absolute atomic E-state index is 10.4. The summed E-state index contributed by atoms with van der Waals surface area (Å²) in [7, 11) is 0. The molecule has 0 aliphatic heterocycles. The molecule has 0 aliphatic rings. The molecule has 0 rings (SSSR count). The van der Waals surface area contributed by atoms with Crippen LogP contribution in [0.25, 0.3) is 0 Å². The van der Waals surface area contributed by atoms with Crippen molar-refractivity contribution in [3.63, 3.8) is 0 Å². The molecule has 3 nitrogen and oxygen atoms in total. The monoisotopic (exact) mass is 160 g/mol. The lowest BCUT2D eigenvalue weighted by Gasteiger charge is -2.12. The molecule has 0 aromatic carbocycles. The van der Waals surface area contributed by atoms with Gasteiger partial charge in [0.15, 0.2) is 0 Å². The predicted molar refractivity (Wildman–Crippen MR) is 42.2 cm³/mol. The Kier molecular flexibility index (Phi) is 5.84. The Labute approximate surface area is 67.4 Å². The first kappa shape index (κ1) is 10.4. The third kappa shape index (κ3) is 5.85. The van der Waals surface area contributed by atoms with Crippen LogP contribution in [0, 0.1) is 0 Å². The zero-order chi connectivity index (χ0) is 8.69. The van der Waals surface area contributed by atoms with Gasteiger partial charge in [-0.3, -0.25) is 4.79 Å². The van der Waals surface area contributed by atoms with Crippen LogP contribution >= 0.6 is 0 Å². The molecule has 1 unspecified atom stereocenters. The standard InChI is InChI=1S/C8H16O3/c1-3-4-5-8(6-9)11-7(2)10/h8-9H,3-6H2,1-2H3. The van der Waals surface area contributed by atoms with E-state index < -0.39 is 0 Å². The number of hydrogen-bond acceptors (Lipinski definition) is 3. The first-order valence-electron chi connectivity index (χ1n) is 3.98. The summed E-state index contributed by atoms with van der Waals surface area (Å²) in [5.41, 5.74) is 0. The van der Waals surface area contributed by atoms with Crippen molar-refractivity contribution >= 4 is 5.97 Å². The number of hydrogen-bond donors (Lipinski definition) is 1. The molecule has 0 saturated heterocycles. The van der Waals surface area contributed by atoms with E-state index in [0.717, 1.165) is 19.3 Å². The lowest BCUT2D eigenvalue weighted by Crippen LogP contribution is -2.20. The van der Waals surface area contributed by atoms with Crippen LogP contribution in [0.2, 0.25) is 0 Å². The third-order valence-corrected chi connectivity index (χ3v) is 1.42. The average Bonchev–Trinajstić information content (AvgIpc) is 1.97. The zero-order valence-corrected chi connectivity index (χ0v) is 7.17.